The number of thioether (sulfide) groups is 1. The normalized spacial score (nSPS) is 12.7. The second-order valence-corrected chi connectivity index (χ2v) is 6.66. The van der Waals surface area contributed by atoms with Gasteiger partial charge in [0.2, 0.25) is 0 Å². The maximum atomic E-state index is 13.0. The van der Waals surface area contributed by atoms with Crippen molar-refractivity contribution in [2.75, 3.05) is 0 Å². The van der Waals surface area contributed by atoms with Gasteiger partial charge >= 0.3 is 6.18 Å². The summed E-state index contributed by atoms with van der Waals surface area (Å²) in [5.74, 6) is -0.00830. The van der Waals surface area contributed by atoms with Crippen LogP contribution in [0.15, 0.2) is 57.1 Å². The molecule has 0 radical (unpaired) electrons. The molecule has 0 unspecified atom stereocenters. The minimum absolute atomic E-state index is 0.100. The van der Waals surface area contributed by atoms with E-state index in [-0.39, 0.29) is 9.64 Å². The number of hydrogen-bond donors (Lipinski definition) is 2. The maximum Gasteiger partial charge on any atom is 0.417 e. The van der Waals surface area contributed by atoms with E-state index in [1.807, 2.05) is 30.3 Å². The summed E-state index contributed by atoms with van der Waals surface area (Å²) in [4.78, 5) is 0. The molecule has 25 heavy (non-hydrogen) atoms. The number of hydrogen-bond acceptors (Lipinski definition) is 4. The quantitative estimate of drug-likeness (QED) is 0.416. The first kappa shape index (κ1) is 19.3. The first-order valence-corrected chi connectivity index (χ1v) is 8.69. The summed E-state index contributed by atoms with van der Waals surface area (Å²) in [5.41, 5.74) is 5.22. The van der Waals surface area contributed by atoms with Crippen LogP contribution in [0.4, 0.5) is 13.2 Å². The Bertz CT molecular complexity index is 795. The van der Waals surface area contributed by atoms with E-state index in [9.17, 15) is 18.3 Å². The van der Waals surface area contributed by atoms with Crippen LogP contribution in [0, 0.1) is 0 Å². The Morgan fingerprint density at radius 3 is 2.52 bits per heavy atom. The molecule has 0 aliphatic rings. The molecule has 2 rings (SSSR count). The summed E-state index contributed by atoms with van der Waals surface area (Å²) in [6.45, 7) is 0. The SMILES string of the molecule is NC(=NN=Cc1c(C(F)(F)F)ccc(Br)c1O)SCc1ccccc1. The molecule has 0 atom stereocenters. The van der Waals surface area contributed by atoms with Crippen LogP contribution in [0.25, 0.3) is 0 Å². The Morgan fingerprint density at radius 1 is 1.20 bits per heavy atom. The molecule has 2 aromatic carbocycles. The highest BCUT2D eigenvalue weighted by atomic mass is 79.9. The van der Waals surface area contributed by atoms with Gasteiger partial charge in [0.25, 0.3) is 0 Å². The Morgan fingerprint density at radius 2 is 1.88 bits per heavy atom. The largest absolute Gasteiger partial charge is 0.506 e. The third-order valence-electron chi connectivity index (χ3n) is 3.05. The molecule has 9 heteroatoms. The number of rotatable bonds is 4. The predicted molar refractivity (Wildman–Crippen MR) is 97.8 cm³/mol. The van der Waals surface area contributed by atoms with Crippen molar-refractivity contribution in [1.82, 2.24) is 0 Å². The molecule has 132 valence electrons. The molecule has 0 saturated heterocycles. The number of phenolic OH excluding ortho intramolecular Hbond substituents is 1. The Labute approximate surface area is 154 Å². The molecule has 0 spiro atoms. The summed E-state index contributed by atoms with van der Waals surface area (Å²) in [5, 5.41) is 17.2. The van der Waals surface area contributed by atoms with Gasteiger partial charge in [-0.05, 0) is 33.6 Å². The third kappa shape index (κ3) is 5.50. The molecule has 0 bridgehead atoms. The summed E-state index contributed by atoms with van der Waals surface area (Å²) in [6, 6.07) is 11.5. The third-order valence-corrected chi connectivity index (χ3v) is 4.54. The van der Waals surface area contributed by atoms with Gasteiger partial charge in [-0.15, -0.1) is 5.10 Å². The van der Waals surface area contributed by atoms with Gasteiger partial charge in [0.05, 0.1) is 16.3 Å². The van der Waals surface area contributed by atoms with Crippen LogP contribution in [0.3, 0.4) is 0 Å². The van der Waals surface area contributed by atoms with Crippen molar-refractivity contribution in [3.05, 3.63) is 63.6 Å². The van der Waals surface area contributed by atoms with Crippen LogP contribution in [-0.2, 0) is 11.9 Å². The lowest BCUT2D eigenvalue weighted by molar-refractivity contribution is -0.137. The first-order valence-electron chi connectivity index (χ1n) is 6.91. The zero-order valence-corrected chi connectivity index (χ0v) is 15.1. The van der Waals surface area contributed by atoms with E-state index in [2.05, 4.69) is 26.1 Å². The van der Waals surface area contributed by atoms with Gasteiger partial charge in [0, 0.05) is 11.3 Å². The minimum atomic E-state index is -4.63. The van der Waals surface area contributed by atoms with Crippen molar-refractivity contribution in [2.45, 2.75) is 11.9 Å². The van der Waals surface area contributed by atoms with Crippen molar-refractivity contribution in [2.24, 2.45) is 15.9 Å². The number of halogens is 4. The van der Waals surface area contributed by atoms with Crippen LogP contribution in [0.5, 0.6) is 5.75 Å². The Kier molecular flexibility index (Phi) is 6.49. The van der Waals surface area contributed by atoms with Crippen LogP contribution in [0.2, 0.25) is 0 Å². The van der Waals surface area contributed by atoms with E-state index in [4.69, 9.17) is 5.73 Å². The highest BCUT2D eigenvalue weighted by Gasteiger charge is 2.34. The zero-order chi connectivity index (χ0) is 18.4. The molecule has 0 saturated carbocycles. The standard InChI is InChI=1S/C16H13BrF3N3OS/c17-13-7-6-12(16(18,19)20)11(14(13)24)8-22-23-15(21)25-9-10-4-2-1-3-5-10/h1-8,24H,9H2,(H2,21,23). The van der Waals surface area contributed by atoms with E-state index in [0.29, 0.717) is 5.75 Å². The molecule has 0 aromatic heterocycles. The molecule has 0 aliphatic heterocycles. The second kappa shape index (κ2) is 8.39. The number of amidine groups is 1. The van der Waals surface area contributed by atoms with Crippen molar-refractivity contribution in [3.63, 3.8) is 0 Å². The van der Waals surface area contributed by atoms with Crippen LogP contribution in [0.1, 0.15) is 16.7 Å². The van der Waals surface area contributed by atoms with Gasteiger partial charge < -0.3 is 10.8 Å². The fraction of sp³-hybridized carbons (Fsp3) is 0.125. The molecule has 3 N–H and O–H groups in total. The molecule has 0 fully saturated rings. The van der Waals surface area contributed by atoms with E-state index in [0.717, 1.165) is 23.9 Å². The average molecular weight is 432 g/mol. The summed E-state index contributed by atoms with van der Waals surface area (Å²) in [7, 11) is 0. The van der Waals surface area contributed by atoms with Gasteiger partial charge in [-0.1, -0.05) is 42.1 Å². The number of benzene rings is 2. The molecular weight excluding hydrogens is 419 g/mol. The highest BCUT2D eigenvalue weighted by molar-refractivity contribution is 9.10. The monoisotopic (exact) mass is 431 g/mol. The maximum absolute atomic E-state index is 13.0. The topological polar surface area (TPSA) is 71.0 Å². The highest BCUT2D eigenvalue weighted by Crippen LogP contribution is 2.38. The first-order chi connectivity index (χ1) is 11.8. The van der Waals surface area contributed by atoms with Crippen LogP contribution >= 0.6 is 27.7 Å². The Balaban J connectivity index is 2.14. The minimum Gasteiger partial charge on any atom is -0.506 e. The molecule has 4 nitrogen and oxygen atoms in total. The smallest absolute Gasteiger partial charge is 0.417 e. The fourth-order valence-corrected chi connectivity index (χ4v) is 2.82. The van der Waals surface area contributed by atoms with Gasteiger partial charge in [0.1, 0.15) is 5.75 Å². The lowest BCUT2D eigenvalue weighted by Crippen LogP contribution is -2.09. The van der Waals surface area contributed by atoms with E-state index in [1.54, 1.807) is 0 Å². The van der Waals surface area contributed by atoms with Gasteiger partial charge in [-0.2, -0.15) is 18.3 Å². The van der Waals surface area contributed by atoms with Crippen molar-refractivity contribution in [1.29, 1.82) is 0 Å². The molecule has 0 amide bonds. The van der Waals surface area contributed by atoms with Crippen LogP contribution in [-0.4, -0.2) is 16.5 Å². The number of alkyl halides is 3. The molecule has 0 aliphatic carbocycles. The average Bonchev–Trinajstić information content (AvgIpc) is 2.56. The number of nitrogens with zero attached hydrogens (tertiary/aromatic N) is 2. The van der Waals surface area contributed by atoms with Gasteiger partial charge in [-0.25, -0.2) is 0 Å². The summed E-state index contributed by atoms with van der Waals surface area (Å²) >= 11 is 4.18. The van der Waals surface area contributed by atoms with Gasteiger partial charge in [-0.3, -0.25) is 0 Å². The van der Waals surface area contributed by atoms with Gasteiger partial charge in [0.15, 0.2) is 5.17 Å². The number of aromatic hydroxyl groups is 1. The lowest BCUT2D eigenvalue weighted by Gasteiger charge is -2.11. The number of nitrogens with two attached hydrogens (primary N) is 1. The van der Waals surface area contributed by atoms with E-state index in [1.165, 1.54) is 11.8 Å². The zero-order valence-electron chi connectivity index (χ0n) is 12.7. The fourth-order valence-electron chi connectivity index (χ4n) is 1.86. The lowest BCUT2D eigenvalue weighted by atomic mass is 10.1. The van der Waals surface area contributed by atoms with Crippen molar-refractivity contribution >= 4 is 39.1 Å². The van der Waals surface area contributed by atoms with E-state index < -0.39 is 23.1 Å². The van der Waals surface area contributed by atoms with Crippen molar-refractivity contribution < 1.29 is 18.3 Å². The summed E-state index contributed by atoms with van der Waals surface area (Å²) in [6.07, 6.45) is -3.80. The molecule has 0 heterocycles. The molecular formula is C16H13BrF3N3OS. The number of phenols is 1. The predicted octanol–water partition coefficient (Wildman–Crippen LogP) is 4.76. The second-order valence-electron chi connectivity index (χ2n) is 4.81. The van der Waals surface area contributed by atoms with E-state index >= 15 is 0 Å². The van der Waals surface area contributed by atoms with Crippen LogP contribution < -0.4 is 5.73 Å². The summed E-state index contributed by atoms with van der Waals surface area (Å²) < 4.78 is 39.1. The Hall–Kier alpha value is -2.00. The molecule has 2 aromatic rings. The van der Waals surface area contributed by atoms with Crippen molar-refractivity contribution in [3.8, 4) is 5.75 Å².